The zero-order valence-electron chi connectivity index (χ0n) is 77.8. The number of halogens is 29. The fourth-order valence-electron chi connectivity index (χ4n) is 20.1. The third-order valence-corrected chi connectivity index (χ3v) is 26.2. The van der Waals surface area contributed by atoms with E-state index in [4.69, 9.17) is 68.1 Å². The van der Waals surface area contributed by atoms with Crippen LogP contribution >= 0.6 is 68.1 Å². The van der Waals surface area contributed by atoms with Gasteiger partial charge < -0.3 is 59.4 Å². The quantitative estimate of drug-likeness (QED) is 0.0688. The van der Waals surface area contributed by atoms with Gasteiger partial charge >= 0.3 is 151 Å². The first-order valence-electron chi connectivity index (χ1n) is 42.7. The van der Waals surface area contributed by atoms with Gasteiger partial charge in [-0.3, -0.25) is 0 Å². The molecule has 8 fully saturated rings. The van der Waals surface area contributed by atoms with E-state index in [1.165, 1.54) is 102 Å². The molecule has 14 aliphatic rings. The average Bonchev–Trinajstić information content (AvgIpc) is 1.58. The molecule has 0 aliphatic heterocycles. The van der Waals surface area contributed by atoms with Gasteiger partial charge in [-0.1, -0.05) is 237 Å². The van der Waals surface area contributed by atoms with Gasteiger partial charge in [-0.05, 0) is 203 Å². The number of fused-ring (bicyclic) bond motifs is 6. The summed E-state index contributed by atoms with van der Waals surface area (Å²) in [6, 6.07) is 4.12. The number of benzene rings is 5. The van der Waals surface area contributed by atoms with Crippen molar-refractivity contribution < 1.29 is 176 Å². The summed E-state index contributed by atoms with van der Waals surface area (Å²) < 4.78 is 285. The molecule has 17 atom stereocenters. The predicted molar refractivity (Wildman–Crippen MR) is 524 cm³/mol. The molecule has 0 amide bonds. The zero-order valence-corrected chi connectivity index (χ0v) is 93.7. The molecular weight excluding hydrogens is 2320 g/mol. The minimum absolute atomic E-state index is 0. The second kappa shape index (κ2) is 71.9. The Morgan fingerprint density at radius 3 is 0.655 bits per heavy atom. The van der Waals surface area contributed by atoms with E-state index in [9.17, 15) is 92.2 Å². The molecule has 0 bridgehead atoms. The van der Waals surface area contributed by atoms with Crippen LogP contribution in [0.4, 0.5) is 92.2 Å². The molecule has 0 saturated heterocycles. The fraction of sp³-hybridized carbons (Fsp3) is 0.415. The molecular formula is C106H127Cl8F21Zr4. The Balaban J connectivity index is -0.00000152. The summed E-state index contributed by atoms with van der Waals surface area (Å²) in [6.07, 6.45) is 73.7. The van der Waals surface area contributed by atoms with Crippen molar-refractivity contribution in [2.45, 2.75) is 200 Å². The van der Waals surface area contributed by atoms with Crippen LogP contribution in [-0.4, -0.2) is 0 Å². The van der Waals surface area contributed by atoms with Crippen molar-refractivity contribution in [2.75, 3.05) is 0 Å². The molecule has 0 nitrogen and oxygen atoms in total. The molecule has 8 saturated carbocycles. The third-order valence-electron chi connectivity index (χ3n) is 26.2. The van der Waals surface area contributed by atoms with E-state index in [0.29, 0.717) is 69.1 Å². The Morgan fingerprint density at radius 1 is 0.223 bits per heavy atom. The van der Waals surface area contributed by atoms with Crippen LogP contribution in [0.15, 0.2) is 164 Å². The summed E-state index contributed by atoms with van der Waals surface area (Å²) >= 11 is -3.30. The fourth-order valence-corrected chi connectivity index (χ4v) is 20.1. The van der Waals surface area contributed by atoms with Crippen LogP contribution in [0.1, 0.15) is 220 Å². The van der Waals surface area contributed by atoms with Crippen molar-refractivity contribution >= 4 is 68.1 Å². The summed E-state index contributed by atoms with van der Waals surface area (Å²) in [5.41, 5.74) is -2.51. The molecule has 33 heteroatoms. The molecule has 0 N–H and O–H groups in total. The van der Waals surface area contributed by atoms with Crippen molar-refractivity contribution in [2.24, 2.45) is 76.9 Å². The second-order valence-corrected chi connectivity index (χ2v) is 48.1. The second-order valence-electron chi connectivity index (χ2n) is 33.1. The molecule has 17 unspecified atom stereocenters. The molecule has 770 valence electrons. The van der Waals surface area contributed by atoms with E-state index in [-0.39, 0.29) is 133 Å². The number of hydrogen-bond donors (Lipinski definition) is 0. The third kappa shape index (κ3) is 37.2. The van der Waals surface area contributed by atoms with Gasteiger partial charge in [0.1, 0.15) is 17.5 Å². The molecule has 0 heterocycles. The van der Waals surface area contributed by atoms with Gasteiger partial charge in [-0.15, -0.1) is 0 Å². The van der Waals surface area contributed by atoms with Crippen molar-refractivity contribution in [1.29, 1.82) is 0 Å². The minimum atomic E-state index is -2.10. The summed E-state index contributed by atoms with van der Waals surface area (Å²) in [5.74, 6) is -33.3. The van der Waals surface area contributed by atoms with Gasteiger partial charge in [0.15, 0.2) is 87.3 Å². The van der Waals surface area contributed by atoms with Crippen LogP contribution in [0.5, 0.6) is 0 Å². The van der Waals surface area contributed by atoms with Gasteiger partial charge in [0.05, 0.1) is 0 Å². The zero-order chi connectivity index (χ0) is 94.3. The van der Waals surface area contributed by atoms with Crippen molar-refractivity contribution in [1.82, 2.24) is 0 Å². The van der Waals surface area contributed by atoms with E-state index in [0.717, 1.165) is 38.0 Å². The van der Waals surface area contributed by atoms with Gasteiger partial charge in [-0.2, -0.15) is 0 Å². The summed E-state index contributed by atoms with van der Waals surface area (Å²) in [5, 5.41) is 0. The Bertz CT molecular complexity index is 4270. The Morgan fingerprint density at radius 2 is 0.410 bits per heavy atom. The SMILES string of the molecule is C.C.C1=CC2CCCC2C=C1.C1CCCC1.C1CCCC1.Cc1c(F)c(F)c(F)c(C2CCC3C=CC=CC32)c1F.Fc1c(F)c(F)c(C2CCC3C=CC=CC32)c(F)c1F.Fc1c(F)c(F)c(C2CCC3C=CC=CC32)c(F)c1F.Fc1c(F)c(F)c(C2CCC3C=CC=CC32)c(F)c1F.Fc1cccc(F)c1CC1CCC2C=CC=CC21.[CH3-].[CH3-].[CH3-].[CH3-].[CH3-].[CH3-].[CH3-].[CH3-].[Cl][Zr+2][Cl].[Cl][Zr+2][Cl].[Cl][Zr+2][Cl].[Cl][Zr+2][Cl]. The molecule has 5 aromatic rings. The Labute approximate surface area is 889 Å². The Hall–Kier alpha value is -2.64. The van der Waals surface area contributed by atoms with Gasteiger partial charge in [0.2, 0.25) is 17.5 Å². The van der Waals surface area contributed by atoms with Crippen molar-refractivity contribution in [3.63, 3.8) is 0 Å². The molecule has 0 aromatic heterocycles. The van der Waals surface area contributed by atoms with Crippen LogP contribution in [0, 0.1) is 265 Å². The Kier molecular flexibility index (Phi) is 72.7. The first-order valence-corrected chi connectivity index (χ1v) is 68.0. The predicted octanol–water partition coefficient (Wildman–Crippen LogP) is 39.7. The van der Waals surface area contributed by atoms with E-state index in [1.807, 2.05) is 60.8 Å². The monoisotopic (exact) mass is 2440 g/mol. The average molecular weight is 2450 g/mol. The molecule has 14 aliphatic carbocycles. The van der Waals surface area contributed by atoms with E-state index >= 15 is 0 Å². The first kappa shape index (κ1) is 140. The number of allylic oxidation sites excluding steroid dienone is 24. The van der Waals surface area contributed by atoms with Crippen LogP contribution < -0.4 is 0 Å². The van der Waals surface area contributed by atoms with Crippen molar-refractivity contribution in [3.05, 3.63) is 379 Å². The maximum atomic E-state index is 14.2. The molecule has 5 aromatic carbocycles. The standard InChI is InChI=1S/C16H14F4.C16H16F2.3C15H11F5.C9H12.2C5H10.2CH4.8CH3.8ClH.4Zr/c1-8-13(17)12(15(19)16(20)14(8)18)11-7-6-9-4-2-3-5-10(9)11;17-15-6-3-7-16(18)14(15)10-12-9-8-11-4-1-2-5-13(11)12;3*16-11-10(12(17)14(19)15(20)13(11)18)9-6-5-7-3-1-2-4-8(7)9;1-2-5-9-7-3-6-8(9)4-1;2*1-2-4-5-3-1;;;;;;;;;;;;;;;;;;;;;;/h2-5,9-11H,6-7H2,1H3;1-7,11-13H,8-10H2;3*1-4,7-9H,5-6H2;1-2,4-5,8-9H,3,6-7H2;2*1-5H2;2*1H4;8*1H3;8*1H;;;;/q;;;;;;;;;;8*-1;;;;;;;;;4*+4/p-8. The summed E-state index contributed by atoms with van der Waals surface area (Å²) in [4.78, 5) is 0. The van der Waals surface area contributed by atoms with E-state index in [1.54, 1.807) is 36.5 Å². The molecule has 0 radical (unpaired) electrons. The number of rotatable bonds is 6. The van der Waals surface area contributed by atoms with Crippen LogP contribution in [0.25, 0.3) is 0 Å². The molecule has 19 rings (SSSR count). The maximum absolute atomic E-state index is 14.2. The van der Waals surface area contributed by atoms with Crippen LogP contribution in [-0.2, 0) is 89.8 Å². The number of hydrogen-bond acceptors (Lipinski definition) is 0. The van der Waals surface area contributed by atoms with E-state index in [2.05, 4.69) is 48.6 Å². The summed E-state index contributed by atoms with van der Waals surface area (Å²) in [6.45, 7) is 1.14. The topological polar surface area (TPSA) is 0 Å². The van der Waals surface area contributed by atoms with E-state index < -0.39 is 251 Å². The first-order chi connectivity index (χ1) is 62.0. The van der Waals surface area contributed by atoms with Crippen LogP contribution in [0.2, 0.25) is 0 Å². The molecule has 0 spiro atoms. The summed E-state index contributed by atoms with van der Waals surface area (Å²) in [7, 11) is 39.5. The van der Waals surface area contributed by atoms with Gasteiger partial charge in [-0.25, -0.2) is 92.2 Å². The van der Waals surface area contributed by atoms with Crippen molar-refractivity contribution in [3.8, 4) is 0 Å². The van der Waals surface area contributed by atoms with Gasteiger partial charge in [0.25, 0.3) is 0 Å². The van der Waals surface area contributed by atoms with Crippen LogP contribution in [0.3, 0.4) is 0 Å². The normalized spacial score (nSPS) is 24.5. The van der Waals surface area contributed by atoms with Gasteiger partial charge in [0, 0.05) is 33.4 Å². The molecule has 139 heavy (non-hydrogen) atoms.